The second-order valence-corrected chi connectivity index (χ2v) is 6.01. The van der Waals surface area contributed by atoms with Crippen molar-refractivity contribution in [2.24, 2.45) is 5.84 Å². The standard InChI is InChI=1S/C15H15BrClFN2/c1-9-4-11(6-12(17)5-9)15(20-19)8-10-7-13(18)2-3-14(10)16/h2-7,15,20H,8,19H2,1H3. The molecular formula is C15H15BrClFN2. The molecule has 3 N–H and O–H groups in total. The summed E-state index contributed by atoms with van der Waals surface area (Å²) in [5.74, 6) is 5.38. The molecule has 2 aromatic rings. The molecule has 0 aliphatic carbocycles. The predicted molar refractivity (Wildman–Crippen MR) is 84.1 cm³/mol. The van der Waals surface area contributed by atoms with Gasteiger partial charge in [-0.2, -0.15) is 0 Å². The average molecular weight is 358 g/mol. The monoisotopic (exact) mass is 356 g/mol. The lowest BCUT2D eigenvalue weighted by atomic mass is 9.98. The minimum Gasteiger partial charge on any atom is -0.271 e. The van der Waals surface area contributed by atoms with Crippen LogP contribution in [0.25, 0.3) is 0 Å². The summed E-state index contributed by atoms with van der Waals surface area (Å²) in [6, 6.07) is 10.3. The van der Waals surface area contributed by atoms with Crippen molar-refractivity contribution in [2.75, 3.05) is 0 Å². The molecular weight excluding hydrogens is 343 g/mol. The number of hydrazine groups is 1. The van der Waals surface area contributed by atoms with E-state index in [-0.39, 0.29) is 11.9 Å². The van der Waals surface area contributed by atoms with Crippen molar-refractivity contribution >= 4 is 27.5 Å². The van der Waals surface area contributed by atoms with Gasteiger partial charge in [0.2, 0.25) is 0 Å². The van der Waals surface area contributed by atoms with E-state index >= 15 is 0 Å². The maximum Gasteiger partial charge on any atom is 0.123 e. The highest BCUT2D eigenvalue weighted by Gasteiger charge is 2.14. The fourth-order valence-electron chi connectivity index (χ4n) is 2.16. The SMILES string of the molecule is Cc1cc(Cl)cc(C(Cc2cc(F)ccc2Br)NN)c1. The Hall–Kier alpha value is -0.940. The topological polar surface area (TPSA) is 38.0 Å². The third-order valence-electron chi connectivity index (χ3n) is 3.10. The molecule has 20 heavy (non-hydrogen) atoms. The van der Waals surface area contributed by atoms with Crippen LogP contribution in [0.2, 0.25) is 5.02 Å². The Balaban J connectivity index is 2.30. The van der Waals surface area contributed by atoms with Crippen LogP contribution in [-0.2, 0) is 6.42 Å². The molecule has 0 radical (unpaired) electrons. The Labute approximate surface area is 131 Å². The van der Waals surface area contributed by atoms with Crippen LogP contribution in [0.4, 0.5) is 4.39 Å². The summed E-state index contributed by atoms with van der Waals surface area (Å²) in [7, 11) is 0. The van der Waals surface area contributed by atoms with Crippen molar-refractivity contribution in [1.29, 1.82) is 0 Å². The Morgan fingerprint density at radius 2 is 2.05 bits per heavy atom. The second kappa shape index (κ2) is 6.68. The van der Waals surface area contributed by atoms with Gasteiger partial charge in [0, 0.05) is 9.50 Å². The molecule has 0 aliphatic heterocycles. The van der Waals surface area contributed by atoms with E-state index in [0.717, 1.165) is 21.2 Å². The number of rotatable bonds is 4. The van der Waals surface area contributed by atoms with E-state index in [2.05, 4.69) is 21.4 Å². The molecule has 0 bridgehead atoms. The van der Waals surface area contributed by atoms with Gasteiger partial charge in [0.25, 0.3) is 0 Å². The van der Waals surface area contributed by atoms with Crippen LogP contribution < -0.4 is 11.3 Å². The molecule has 0 saturated carbocycles. The zero-order valence-corrected chi connectivity index (χ0v) is 13.3. The van der Waals surface area contributed by atoms with Crippen LogP contribution >= 0.6 is 27.5 Å². The van der Waals surface area contributed by atoms with Crippen molar-refractivity contribution < 1.29 is 4.39 Å². The molecule has 1 unspecified atom stereocenters. The number of halogens is 3. The van der Waals surface area contributed by atoms with E-state index in [4.69, 9.17) is 17.4 Å². The Kier molecular flexibility index (Phi) is 5.16. The Bertz CT molecular complexity index is 599. The van der Waals surface area contributed by atoms with Crippen molar-refractivity contribution in [2.45, 2.75) is 19.4 Å². The summed E-state index contributed by atoms with van der Waals surface area (Å²) in [5, 5.41) is 0.665. The second-order valence-electron chi connectivity index (χ2n) is 4.72. The van der Waals surface area contributed by atoms with E-state index in [0.29, 0.717) is 11.4 Å². The predicted octanol–water partition coefficient (Wildman–Crippen LogP) is 4.30. The molecule has 0 aliphatic rings. The molecule has 0 fully saturated rings. The molecule has 0 spiro atoms. The smallest absolute Gasteiger partial charge is 0.123 e. The van der Waals surface area contributed by atoms with Gasteiger partial charge in [0.1, 0.15) is 5.82 Å². The maximum atomic E-state index is 13.3. The third-order valence-corrected chi connectivity index (χ3v) is 4.09. The highest BCUT2D eigenvalue weighted by molar-refractivity contribution is 9.10. The highest BCUT2D eigenvalue weighted by atomic mass is 79.9. The van der Waals surface area contributed by atoms with Gasteiger partial charge in [-0.25, -0.2) is 4.39 Å². The number of benzene rings is 2. The van der Waals surface area contributed by atoms with Crippen LogP contribution in [-0.4, -0.2) is 0 Å². The molecule has 106 valence electrons. The third kappa shape index (κ3) is 3.79. The number of nitrogens with two attached hydrogens (primary N) is 1. The molecule has 0 amide bonds. The normalized spacial score (nSPS) is 12.4. The van der Waals surface area contributed by atoms with Crippen LogP contribution in [0.15, 0.2) is 40.9 Å². The highest BCUT2D eigenvalue weighted by Crippen LogP contribution is 2.26. The van der Waals surface area contributed by atoms with Gasteiger partial charge < -0.3 is 0 Å². The minimum absolute atomic E-state index is 0.134. The summed E-state index contributed by atoms with van der Waals surface area (Å²) in [4.78, 5) is 0. The summed E-state index contributed by atoms with van der Waals surface area (Å²) >= 11 is 9.50. The van der Waals surface area contributed by atoms with Crippen LogP contribution in [0.5, 0.6) is 0 Å². The number of nitrogens with one attached hydrogen (secondary N) is 1. The van der Waals surface area contributed by atoms with Crippen molar-refractivity contribution in [3.05, 3.63) is 68.4 Å². The summed E-state index contributed by atoms with van der Waals surface area (Å²) in [6.45, 7) is 1.97. The van der Waals surface area contributed by atoms with Crippen molar-refractivity contribution in [3.63, 3.8) is 0 Å². The first-order valence-corrected chi connectivity index (χ1v) is 7.34. The van der Waals surface area contributed by atoms with Crippen LogP contribution in [0.3, 0.4) is 0 Å². The molecule has 5 heteroatoms. The van der Waals surface area contributed by atoms with Gasteiger partial charge in [0.15, 0.2) is 0 Å². The summed E-state index contributed by atoms with van der Waals surface area (Å²) in [5.41, 5.74) is 5.66. The molecule has 2 aromatic carbocycles. The zero-order valence-electron chi connectivity index (χ0n) is 11.0. The molecule has 2 nitrogen and oxygen atoms in total. The summed E-state index contributed by atoms with van der Waals surface area (Å²) < 4.78 is 14.2. The summed E-state index contributed by atoms with van der Waals surface area (Å²) in [6.07, 6.45) is 0.564. The minimum atomic E-state index is -0.263. The van der Waals surface area contributed by atoms with Crippen molar-refractivity contribution in [1.82, 2.24) is 5.43 Å². The van der Waals surface area contributed by atoms with E-state index in [9.17, 15) is 4.39 Å². The lowest BCUT2D eigenvalue weighted by molar-refractivity contribution is 0.547. The first kappa shape index (κ1) is 15.4. The van der Waals surface area contributed by atoms with Gasteiger partial charge in [-0.3, -0.25) is 11.3 Å². The van der Waals surface area contributed by atoms with Gasteiger partial charge >= 0.3 is 0 Å². The van der Waals surface area contributed by atoms with Gasteiger partial charge in [-0.15, -0.1) is 0 Å². The fourth-order valence-corrected chi connectivity index (χ4v) is 2.87. The van der Waals surface area contributed by atoms with E-state index in [1.54, 1.807) is 6.07 Å². The lowest BCUT2D eigenvalue weighted by Crippen LogP contribution is -2.29. The Morgan fingerprint density at radius 1 is 1.30 bits per heavy atom. The molecule has 0 aromatic heterocycles. The van der Waals surface area contributed by atoms with E-state index < -0.39 is 0 Å². The quantitative estimate of drug-likeness (QED) is 0.632. The number of hydrogen-bond acceptors (Lipinski definition) is 2. The zero-order chi connectivity index (χ0) is 14.7. The van der Waals surface area contributed by atoms with Gasteiger partial charge in [-0.05, 0) is 60.4 Å². The van der Waals surface area contributed by atoms with Crippen LogP contribution in [0, 0.1) is 12.7 Å². The number of hydrogen-bond donors (Lipinski definition) is 2. The fraction of sp³-hybridized carbons (Fsp3) is 0.200. The van der Waals surface area contributed by atoms with E-state index in [1.165, 1.54) is 12.1 Å². The molecule has 0 saturated heterocycles. The largest absolute Gasteiger partial charge is 0.271 e. The maximum absolute atomic E-state index is 13.3. The first-order valence-electron chi connectivity index (χ1n) is 6.16. The lowest BCUT2D eigenvalue weighted by Gasteiger charge is -2.18. The Morgan fingerprint density at radius 3 is 2.70 bits per heavy atom. The molecule has 0 heterocycles. The van der Waals surface area contributed by atoms with Gasteiger partial charge in [0.05, 0.1) is 6.04 Å². The van der Waals surface area contributed by atoms with Crippen LogP contribution in [0.1, 0.15) is 22.7 Å². The number of aryl methyl sites for hydroxylation is 1. The average Bonchev–Trinajstić information content (AvgIpc) is 2.38. The van der Waals surface area contributed by atoms with E-state index in [1.807, 2.05) is 25.1 Å². The van der Waals surface area contributed by atoms with Gasteiger partial charge in [-0.1, -0.05) is 33.6 Å². The molecule has 1 atom stereocenters. The van der Waals surface area contributed by atoms with Crippen molar-refractivity contribution in [3.8, 4) is 0 Å². The molecule has 2 rings (SSSR count). The first-order chi connectivity index (χ1) is 9.49.